The molecule has 0 aliphatic rings. The molecule has 0 heterocycles. The molecule has 1 amide bonds. The van der Waals surface area contributed by atoms with E-state index in [-0.39, 0.29) is 24.3 Å². The molecular formula is C17H25NO3. The van der Waals surface area contributed by atoms with Gasteiger partial charge in [0, 0.05) is 6.42 Å². The summed E-state index contributed by atoms with van der Waals surface area (Å²) in [6, 6.07) is 7.78. The van der Waals surface area contributed by atoms with Gasteiger partial charge in [0.1, 0.15) is 0 Å². The number of nitrogens with one attached hydrogen (secondary N) is 1. The topological polar surface area (TPSA) is 66.4 Å². The van der Waals surface area contributed by atoms with E-state index in [0.29, 0.717) is 0 Å². The highest BCUT2D eigenvalue weighted by molar-refractivity contribution is 5.85. The number of amides is 1. The molecule has 4 nitrogen and oxygen atoms in total. The summed E-state index contributed by atoms with van der Waals surface area (Å²) in [6.07, 6.45) is -0.0177. The SMILES string of the molecule is Cc1cccc([C@H](C)NC(=O)CC(C)(C(=O)O)C(C)C)c1. The molecule has 0 saturated carbocycles. The zero-order valence-corrected chi connectivity index (χ0v) is 13.4. The fourth-order valence-corrected chi connectivity index (χ4v) is 2.18. The number of hydrogen-bond donors (Lipinski definition) is 2. The van der Waals surface area contributed by atoms with Crippen molar-refractivity contribution in [1.29, 1.82) is 0 Å². The van der Waals surface area contributed by atoms with Crippen molar-refractivity contribution in [2.75, 3.05) is 0 Å². The normalized spacial score (nSPS) is 15.3. The zero-order chi connectivity index (χ0) is 16.2. The molecule has 0 spiro atoms. The Kier molecular flexibility index (Phi) is 5.53. The van der Waals surface area contributed by atoms with Crippen LogP contribution in [0, 0.1) is 18.3 Å². The molecule has 1 unspecified atom stereocenters. The van der Waals surface area contributed by atoms with Crippen LogP contribution >= 0.6 is 0 Å². The minimum Gasteiger partial charge on any atom is -0.481 e. The Morgan fingerprint density at radius 1 is 1.29 bits per heavy atom. The van der Waals surface area contributed by atoms with Crippen LogP contribution in [0.3, 0.4) is 0 Å². The Labute approximate surface area is 126 Å². The Bertz CT molecular complexity index is 525. The molecule has 1 aromatic rings. The molecule has 0 aliphatic carbocycles. The van der Waals surface area contributed by atoms with E-state index < -0.39 is 11.4 Å². The summed E-state index contributed by atoms with van der Waals surface area (Å²) in [5.41, 5.74) is 1.10. The van der Waals surface area contributed by atoms with E-state index in [0.717, 1.165) is 11.1 Å². The van der Waals surface area contributed by atoms with Crippen LogP contribution < -0.4 is 5.32 Å². The molecule has 2 atom stereocenters. The second-order valence-corrected chi connectivity index (χ2v) is 6.26. The Morgan fingerprint density at radius 2 is 1.90 bits per heavy atom. The monoisotopic (exact) mass is 291 g/mol. The van der Waals surface area contributed by atoms with Gasteiger partial charge in [0.2, 0.25) is 5.91 Å². The van der Waals surface area contributed by atoms with Gasteiger partial charge in [-0.05, 0) is 32.3 Å². The summed E-state index contributed by atoms with van der Waals surface area (Å²) >= 11 is 0. The lowest BCUT2D eigenvalue weighted by atomic mass is 9.76. The lowest BCUT2D eigenvalue weighted by molar-refractivity contribution is -0.153. The van der Waals surface area contributed by atoms with Crippen LogP contribution in [0.1, 0.15) is 51.3 Å². The van der Waals surface area contributed by atoms with Crippen LogP contribution in [0.4, 0.5) is 0 Å². The summed E-state index contributed by atoms with van der Waals surface area (Å²) in [5, 5.41) is 12.2. The van der Waals surface area contributed by atoms with Crippen LogP contribution in [0.2, 0.25) is 0 Å². The summed E-state index contributed by atoms with van der Waals surface area (Å²) < 4.78 is 0. The van der Waals surface area contributed by atoms with Gasteiger partial charge < -0.3 is 10.4 Å². The molecule has 2 N–H and O–H groups in total. The average molecular weight is 291 g/mol. The molecule has 0 saturated heterocycles. The van der Waals surface area contributed by atoms with Crippen molar-refractivity contribution in [1.82, 2.24) is 5.32 Å². The molecule has 0 radical (unpaired) electrons. The molecule has 1 rings (SSSR count). The number of carbonyl (C=O) groups excluding carboxylic acids is 1. The summed E-state index contributed by atoms with van der Waals surface area (Å²) in [6.45, 7) is 9.17. The maximum Gasteiger partial charge on any atom is 0.310 e. The van der Waals surface area contributed by atoms with E-state index in [1.807, 2.05) is 52.0 Å². The van der Waals surface area contributed by atoms with Gasteiger partial charge in [0.25, 0.3) is 0 Å². The van der Waals surface area contributed by atoms with E-state index in [4.69, 9.17) is 0 Å². The Hall–Kier alpha value is -1.84. The van der Waals surface area contributed by atoms with E-state index in [9.17, 15) is 14.7 Å². The predicted molar refractivity (Wildman–Crippen MR) is 82.9 cm³/mol. The molecule has 1 aromatic carbocycles. The highest BCUT2D eigenvalue weighted by Gasteiger charge is 2.38. The van der Waals surface area contributed by atoms with Crippen molar-refractivity contribution >= 4 is 11.9 Å². The van der Waals surface area contributed by atoms with Crippen molar-refractivity contribution in [3.63, 3.8) is 0 Å². The number of hydrogen-bond acceptors (Lipinski definition) is 2. The Balaban J connectivity index is 2.75. The van der Waals surface area contributed by atoms with Crippen molar-refractivity contribution in [2.24, 2.45) is 11.3 Å². The molecule has 0 aliphatic heterocycles. The first kappa shape index (κ1) is 17.2. The molecule has 116 valence electrons. The second kappa shape index (κ2) is 6.74. The van der Waals surface area contributed by atoms with E-state index in [1.165, 1.54) is 0 Å². The molecule has 0 fully saturated rings. The number of carbonyl (C=O) groups is 2. The minimum absolute atomic E-state index is 0.0177. The number of aliphatic carboxylic acids is 1. The van der Waals surface area contributed by atoms with E-state index >= 15 is 0 Å². The third-order valence-corrected chi connectivity index (χ3v) is 4.21. The van der Waals surface area contributed by atoms with Crippen LogP contribution in [0.25, 0.3) is 0 Å². The maximum absolute atomic E-state index is 12.2. The fraction of sp³-hybridized carbons (Fsp3) is 0.529. The first-order valence-corrected chi connectivity index (χ1v) is 7.26. The summed E-state index contributed by atoms with van der Waals surface area (Å²) in [5.74, 6) is -1.28. The van der Waals surface area contributed by atoms with Gasteiger partial charge >= 0.3 is 5.97 Å². The van der Waals surface area contributed by atoms with Crippen molar-refractivity contribution in [2.45, 2.75) is 47.1 Å². The molecular weight excluding hydrogens is 266 g/mol. The molecule has 0 aromatic heterocycles. The van der Waals surface area contributed by atoms with E-state index in [2.05, 4.69) is 5.32 Å². The average Bonchev–Trinajstić information content (AvgIpc) is 2.37. The smallest absolute Gasteiger partial charge is 0.310 e. The quantitative estimate of drug-likeness (QED) is 0.845. The van der Waals surface area contributed by atoms with Gasteiger partial charge in [-0.2, -0.15) is 0 Å². The largest absolute Gasteiger partial charge is 0.481 e. The lowest BCUT2D eigenvalue weighted by Crippen LogP contribution is -2.39. The number of rotatable bonds is 6. The number of carboxylic acid groups (broad SMARTS) is 1. The summed E-state index contributed by atoms with van der Waals surface area (Å²) in [4.78, 5) is 23.6. The van der Waals surface area contributed by atoms with Crippen molar-refractivity contribution < 1.29 is 14.7 Å². The van der Waals surface area contributed by atoms with Crippen LogP contribution in [-0.2, 0) is 9.59 Å². The van der Waals surface area contributed by atoms with E-state index in [1.54, 1.807) is 6.92 Å². The minimum atomic E-state index is -1.05. The van der Waals surface area contributed by atoms with Crippen LogP contribution in [-0.4, -0.2) is 17.0 Å². The van der Waals surface area contributed by atoms with Crippen molar-refractivity contribution in [3.05, 3.63) is 35.4 Å². The summed E-state index contributed by atoms with van der Waals surface area (Å²) in [7, 11) is 0. The van der Waals surface area contributed by atoms with Gasteiger partial charge in [0.15, 0.2) is 0 Å². The third-order valence-electron chi connectivity index (χ3n) is 4.21. The second-order valence-electron chi connectivity index (χ2n) is 6.26. The van der Waals surface area contributed by atoms with Crippen molar-refractivity contribution in [3.8, 4) is 0 Å². The number of benzene rings is 1. The zero-order valence-electron chi connectivity index (χ0n) is 13.4. The number of aryl methyl sites for hydroxylation is 1. The highest BCUT2D eigenvalue weighted by atomic mass is 16.4. The fourth-order valence-electron chi connectivity index (χ4n) is 2.18. The standard InChI is InChI=1S/C17H25NO3/c1-11(2)17(5,16(20)21)10-15(19)18-13(4)14-8-6-7-12(3)9-14/h6-9,11,13H,10H2,1-5H3,(H,18,19)(H,20,21)/t13-,17?/m0/s1. The number of carboxylic acids is 1. The van der Waals surface area contributed by atoms with Gasteiger partial charge in [-0.25, -0.2) is 0 Å². The lowest BCUT2D eigenvalue weighted by Gasteiger charge is -2.29. The predicted octanol–water partition coefficient (Wildman–Crippen LogP) is 3.31. The van der Waals surface area contributed by atoms with Gasteiger partial charge in [-0.1, -0.05) is 43.7 Å². The van der Waals surface area contributed by atoms with Gasteiger partial charge in [0.05, 0.1) is 11.5 Å². The highest BCUT2D eigenvalue weighted by Crippen LogP contribution is 2.31. The van der Waals surface area contributed by atoms with Crippen LogP contribution in [0.5, 0.6) is 0 Å². The Morgan fingerprint density at radius 3 is 2.38 bits per heavy atom. The molecule has 21 heavy (non-hydrogen) atoms. The molecule has 4 heteroatoms. The van der Waals surface area contributed by atoms with Crippen LogP contribution in [0.15, 0.2) is 24.3 Å². The van der Waals surface area contributed by atoms with Gasteiger partial charge in [-0.3, -0.25) is 9.59 Å². The first-order chi connectivity index (χ1) is 9.66. The maximum atomic E-state index is 12.2. The first-order valence-electron chi connectivity index (χ1n) is 7.26. The van der Waals surface area contributed by atoms with Gasteiger partial charge in [-0.15, -0.1) is 0 Å². The third kappa shape index (κ3) is 4.31. The molecule has 0 bridgehead atoms.